The third-order valence-corrected chi connectivity index (χ3v) is 6.85. The Labute approximate surface area is 185 Å². The summed E-state index contributed by atoms with van der Waals surface area (Å²) in [5, 5.41) is 7.63. The van der Waals surface area contributed by atoms with Crippen LogP contribution in [0.25, 0.3) is 10.2 Å². The zero-order valence-electron chi connectivity index (χ0n) is 19.0. The molecule has 1 aliphatic rings. The first kappa shape index (κ1) is 21.7. The third-order valence-electron chi connectivity index (χ3n) is 5.67. The maximum atomic E-state index is 13.2. The van der Waals surface area contributed by atoms with E-state index in [0.29, 0.717) is 38.9 Å². The highest BCUT2D eigenvalue weighted by molar-refractivity contribution is 7.20. The average molecular weight is 444 g/mol. The minimum absolute atomic E-state index is 0.0399. The van der Waals surface area contributed by atoms with E-state index in [-0.39, 0.29) is 16.9 Å². The Kier molecular flexibility index (Phi) is 5.28. The van der Waals surface area contributed by atoms with Crippen molar-refractivity contribution in [2.45, 2.75) is 84.7 Å². The summed E-state index contributed by atoms with van der Waals surface area (Å²) in [6.07, 6.45) is 3.91. The molecule has 0 atom stereocenters. The molecule has 3 aromatic rings. The number of nitrogens with zero attached hydrogens (tertiary/aromatic N) is 4. The molecule has 0 aliphatic carbocycles. The smallest absolute Gasteiger partial charge is 0.262 e. The number of aryl methyl sites for hydroxylation is 2. The standard InChI is InChI=1S/C22H29N5O3S/c1-12-14-17(23-13-10-8-7-9-11-27(13)18(14)29)31-15(12)16(28)25-22(5,6)19-24-20(30-26-19)21(2,3)4/h7-11H2,1-6H3,(H,25,28). The first-order chi connectivity index (χ1) is 14.5. The molecule has 0 saturated heterocycles. The fraction of sp³-hybridized carbons (Fsp3) is 0.591. The van der Waals surface area contributed by atoms with Crippen LogP contribution < -0.4 is 10.9 Å². The Morgan fingerprint density at radius 2 is 1.87 bits per heavy atom. The summed E-state index contributed by atoms with van der Waals surface area (Å²) in [5.74, 6) is 1.48. The van der Waals surface area contributed by atoms with E-state index >= 15 is 0 Å². The average Bonchev–Trinajstić information content (AvgIpc) is 3.22. The summed E-state index contributed by atoms with van der Waals surface area (Å²) < 4.78 is 7.18. The number of amides is 1. The molecule has 0 saturated carbocycles. The highest BCUT2D eigenvalue weighted by Gasteiger charge is 2.33. The van der Waals surface area contributed by atoms with Gasteiger partial charge in [-0.25, -0.2) is 4.98 Å². The molecule has 0 aromatic carbocycles. The second-order valence-corrected chi connectivity index (χ2v) is 10.8. The zero-order valence-corrected chi connectivity index (χ0v) is 19.8. The van der Waals surface area contributed by atoms with Crippen LogP contribution in [0.2, 0.25) is 0 Å². The van der Waals surface area contributed by atoms with E-state index in [1.54, 1.807) is 4.57 Å². The van der Waals surface area contributed by atoms with Gasteiger partial charge in [-0.1, -0.05) is 32.3 Å². The van der Waals surface area contributed by atoms with E-state index < -0.39 is 5.54 Å². The van der Waals surface area contributed by atoms with Gasteiger partial charge in [0.05, 0.1) is 15.8 Å². The van der Waals surface area contributed by atoms with Gasteiger partial charge < -0.3 is 9.84 Å². The van der Waals surface area contributed by atoms with Crippen LogP contribution in [0.5, 0.6) is 0 Å². The lowest BCUT2D eigenvalue weighted by molar-refractivity contribution is 0.0911. The lowest BCUT2D eigenvalue weighted by atomic mass is 9.97. The third kappa shape index (κ3) is 3.91. The second kappa shape index (κ2) is 7.55. The van der Waals surface area contributed by atoms with Gasteiger partial charge in [0.15, 0.2) is 5.82 Å². The van der Waals surface area contributed by atoms with Gasteiger partial charge in [0, 0.05) is 18.4 Å². The molecule has 9 heteroatoms. The maximum Gasteiger partial charge on any atom is 0.262 e. The monoisotopic (exact) mass is 443 g/mol. The van der Waals surface area contributed by atoms with Crippen molar-refractivity contribution >= 4 is 27.5 Å². The predicted molar refractivity (Wildman–Crippen MR) is 120 cm³/mol. The molecular weight excluding hydrogens is 414 g/mol. The molecule has 166 valence electrons. The topological polar surface area (TPSA) is 103 Å². The fourth-order valence-corrected chi connectivity index (χ4v) is 4.89. The molecule has 4 rings (SSSR count). The van der Waals surface area contributed by atoms with Gasteiger partial charge in [-0.05, 0) is 39.2 Å². The van der Waals surface area contributed by atoms with E-state index in [9.17, 15) is 9.59 Å². The lowest BCUT2D eigenvalue weighted by Gasteiger charge is -2.22. The number of fused-ring (bicyclic) bond motifs is 2. The van der Waals surface area contributed by atoms with Crippen LogP contribution in [-0.4, -0.2) is 25.6 Å². The maximum absolute atomic E-state index is 13.2. The summed E-state index contributed by atoms with van der Waals surface area (Å²) in [6.45, 7) is 12.1. The molecule has 31 heavy (non-hydrogen) atoms. The highest BCUT2D eigenvalue weighted by atomic mass is 32.1. The predicted octanol–water partition coefficient (Wildman–Crippen LogP) is 3.84. The summed E-state index contributed by atoms with van der Waals surface area (Å²) >= 11 is 1.27. The number of hydrogen-bond acceptors (Lipinski definition) is 7. The summed E-state index contributed by atoms with van der Waals surface area (Å²) in [5.41, 5.74) is -0.484. The fourth-order valence-electron chi connectivity index (χ4n) is 3.80. The number of rotatable bonds is 3. The molecule has 0 bridgehead atoms. The van der Waals surface area contributed by atoms with E-state index in [1.807, 2.05) is 41.5 Å². The molecule has 1 N–H and O–H groups in total. The van der Waals surface area contributed by atoms with E-state index in [1.165, 1.54) is 11.3 Å². The van der Waals surface area contributed by atoms with Crippen molar-refractivity contribution in [3.05, 3.63) is 38.3 Å². The van der Waals surface area contributed by atoms with Gasteiger partial charge in [-0.3, -0.25) is 14.2 Å². The molecule has 4 heterocycles. The van der Waals surface area contributed by atoms with Crippen molar-refractivity contribution in [1.29, 1.82) is 0 Å². The first-order valence-electron chi connectivity index (χ1n) is 10.7. The van der Waals surface area contributed by atoms with E-state index in [0.717, 1.165) is 31.5 Å². The van der Waals surface area contributed by atoms with Crippen LogP contribution in [0.15, 0.2) is 9.32 Å². The molecule has 3 aromatic heterocycles. The number of aromatic nitrogens is 4. The van der Waals surface area contributed by atoms with Crippen LogP contribution in [0.4, 0.5) is 0 Å². The quantitative estimate of drug-likeness (QED) is 0.660. The Bertz CT molecular complexity index is 1210. The van der Waals surface area contributed by atoms with Crippen LogP contribution in [-0.2, 0) is 23.9 Å². The van der Waals surface area contributed by atoms with Crippen molar-refractivity contribution in [1.82, 2.24) is 25.0 Å². The molecule has 8 nitrogen and oxygen atoms in total. The number of thiophene rings is 1. The lowest BCUT2D eigenvalue weighted by Crippen LogP contribution is -2.41. The van der Waals surface area contributed by atoms with Gasteiger partial charge in [0.1, 0.15) is 10.7 Å². The van der Waals surface area contributed by atoms with Crippen molar-refractivity contribution in [2.24, 2.45) is 0 Å². The molecule has 0 fully saturated rings. The highest BCUT2D eigenvalue weighted by Crippen LogP contribution is 2.30. The molecule has 0 unspecified atom stereocenters. The van der Waals surface area contributed by atoms with Gasteiger partial charge in [0.2, 0.25) is 5.89 Å². The van der Waals surface area contributed by atoms with Crippen LogP contribution in [0, 0.1) is 6.92 Å². The van der Waals surface area contributed by atoms with Crippen molar-refractivity contribution < 1.29 is 9.32 Å². The zero-order chi connectivity index (χ0) is 22.6. The number of nitrogens with one attached hydrogen (secondary N) is 1. The van der Waals surface area contributed by atoms with Gasteiger partial charge in [0.25, 0.3) is 11.5 Å². The van der Waals surface area contributed by atoms with E-state index in [4.69, 9.17) is 9.51 Å². The minimum atomic E-state index is -0.841. The molecule has 0 spiro atoms. The summed E-state index contributed by atoms with van der Waals surface area (Å²) in [7, 11) is 0. The van der Waals surface area contributed by atoms with E-state index in [2.05, 4.69) is 15.5 Å². The number of carbonyl (C=O) groups excluding carboxylic acids is 1. The number of carbonyl (C=O) groups is 1. The second-order valence-electron chi connectivity index (χ2n) is 9.78. The van der Waals surface area contributed by atoms with Crippen LogP contribution in [0.3, 0.4) is 0 Å². The van der Waals surface area contributed by atoms with Gasteiger partial charge >= 0.3 is 0 Å². The minimum Gasteiger partial charge on any atom is -0.339 e. The SMILES string of the molecule is Cc1c(C(=O)NC(C)(C)c2noc(C(C)(C)C)n2)sc2nc3n(c(=O)c12)CCCCC3. The Morgan fingerprint density at radius 3 is 2.55 bits per heavy atom. The van der Waals surface area contributed by atoms with Gasteiger partial charge in [-0.2, -0.15) is 4.98 Å². The van der Waals surface area contributed by atoms with Crippen molar-refractivity contribution in [3.63, 3.8) is 0 Å². The molecular formula is C22H29N5O3S. The van der Waals surface area contributed by atoms with Crippen molar-refractivity contribution in [3.8, 4) is 0 Å². The molecule has 0 radical (unpaired) electrons. The normalized spacial score (nSPS) is 15.0. The Morgan fingerprint density at radius 1 is 1.13 bits per heavy atom. The largest absolute Gasteiger partial charge is 0.339 e. The summed E-state index contributed by atoms with van der Waals surface area (Å²) in [6, 6.07) is 0. The Hall–Kier alpha value is -2.55. The molecule has 1 aliphatic heterocycles. The van der Waals surface area contributed by atoms with Crippen LogP contribution in [0.1, 0.15) is 86.7 Å². The molecule has 1 amide bonds. The van der Waals surface area contributed by atoms with Gasteiger partial charge in [-0.15, -0.1) is 11.3 Å². The first-order valence-corrected chi connectivity index (χ1v) is 11.5. The van der Waals surface area contributed by atoms with Crippen molar-refractivity contribution in [2.75, 3.05) is 0 Å². The summed E-state index contributed by atoms with van der Waals surface area (Å²) in [4.78, 5) is 36.7. The van der Waals surface area contributed by atoms with Crippen LogP contribution >= 0.6 is 11.3 Å². The number of hydrogen-bond donors (Lipinski definition) is 1. The Balaban J connectivity index is 1.68.